The fourth-order valence-corrected chi connectivity index (χ4v) is 5.90. The summed E-state index contributed by atoms with van der Waals surface area (Å²) in [6, 6.07) is 0. The van der Waals surface area contributed by atoms with E-state index in [1.807, 2.05) is 0 Å². The zero-order chi connectivity index (χ0) is 34.0. The van der Waals surface area contributed by atoms with Gasteiger partial charge in [-0.2, -0.15) is 0 Å². The van der Waals surface area contributed by atoms with Crippen LogP contribution in [0.3, 0.4) is 0 Å². The van der Waals surface area contributed by atoms with E-state index < -0.39 is 0 Å². The van der Waals surface area contributed by atoms with Crippen LogP contribution in [-0.2, 0) is 44.3 Å². The molecule has 4 nitrogen and oxygen atoms in total. The van der Waals surface area contributed by atoms with Crippen molar-refractivity contribution in [3.05, 3.63) is 0 Å². The molecule has 0 amide bonds. The fourth-order valence-electron chi connectivity index (χ4n) is 5.74. The van der Waals surface area contributed by atoms with Crippen LogP contribution in [0, 0.1) is 0 Å². The van der Waals surface area contributed by atoms with E-state index in [0.29, 0.717) is 37.6 Å². The second-order valence-corrected chi connectivity index (χ2v) is 14.1. The minimum absolute atomic E-state index is 0. The summed E-state index contributed by atoms with van der Waals surface area (Å²) in [4.78, 5) is 22.5. The van der Waals surface area contributed by atoms with Crippen LogP contribution in [0.5, 0.6) is 0 Å². The average Bonchev–Trinajstić information content (AvgIpc) is 3.06. The number of hydrogen-bond acceptors (Lipinski definition) is 6. The molecule has 0 saturated carbocycles. The van der Waals surface area contributed by atoms with Crippen molar-refractivity contribution < 1.29 is 19.1 Å². The summed E-state index contributed by atoms with van der Waals surface area (Å²) in [5.41, 5.74) is 0. The zero-order valence-electron chi connectivity index (χ0n) is 31.6. The summed E-state index contributed by atoms with van der Waals surface area (Å²) in [6.07, 6.45) is 41.5. The van der Waals surface area contributed by atoms with E-state index >= 15 is 0 Å². The Morgan fingerprint density at radius 1 is 0.362 bits per heavy atom. The number of hydrogen-bond donors (Lipinski definition) is 0. The van der Waals surface area contributed by atoms with E-state index in [1.165, 1.54) is 167 Å². The number of unbranched alkanes of at least 4 members (excludes halogenated alkanes) is 28. The van der Waals surface area contributed by atoms with E-state index in [0.717, 1.165) is 25.7 Å². The predicted octanol–water partition coefficient (Wildman–Crippen LogP) is 12.3. The van der Waals surface area contributed by atoms with Crippen molar-refractivity contribution in [2.75, 3.05) is 24.7 Å². The van der Waals surface area contributed by atoms with Crippen molar-refractivity contribution >= 4 is 86.1 Å². The SMILES string of the molecule is CCCCCCCCCCCCCCCCCC(=O)OCC[S-].CCCCCCCCCCCCCCCCCC(=O)OCC[S-].[Ba+2]. The van der Waals surface area contributed by atoms with Gasteiger partial charge in [-0.1, -0.05) is 194 Å². The fraction of sp³-hybridized carbons (Fsp3) is 0.950. The first-order chi connectivity index (χ1) is 22.6. The monoisotopic (exact) mass is 824 g/mol. The maximum Gasteiger partial charge on any atom is 2.00 e. The average molecular weight is 825 g/mol. The van der Waals surface area contributed by atoms with Gasteiger partial charge >= 0.3 is 60.8 Å². The van der Waals surface area contributed by atoms with Gasteiger partial charge in [-0.05, 0) is 12.8 Å². The Morgan fingerprint density at radius 3 is 0.745 bits per heavy atom. The number of carbonyl (C=O) groups is 2. The maximum absolute atomic E-state index is 11.3. The Kier molecular flexibility index (Phi) is 55.2. The second kappa shape index (κ2) is 49.3. The molecule has 0 rings (SSSR count). The Labute approximate surface area is 345 Å². The first-order valence-electron chi connectivity index (χ1n) is 20.1. The van der Waals surface area contributed by atoms with Crippen molar-refractivity contribution in [2.24, 2.45) is 0 Å². The van der Waals surface area contributed by atoms with Gasteiger partial charge in [-0.15, -0.1) is 11.5 Å². The second-order valence-electron chi connectivity index (χ2n) is 13.2. The topological polar surface area (TPSA) is 52.6 Å². The Morgan fingerprint density at radius 2 is 0.553 bits per heavy atom. The molecule has 47 heavy (non-hydrogen) atoms. The van der Waals surface area contributed by atoms with Crippen molar-refractivity contribution in [2.45, 2.75) is 219 Å². The van der Waals surface area contributed by atoms with Gasteiger partial charge in [0.2, 0.25) is 0 Å². The summed E-state index contributed by atoms with van der Waals surface area (Å²) < 4.78 is 9.93. The molecule has 0 bridgehead atoms. The molecule has 0 spiro atoms. The minimum Gasteiger partial charge on any atom is -0.789 e. The molecule has 0 saturated heterocycles. The van der Waals surface area contributed by atoms with Crippen LogP contribution in [0.15, 0.2) is 0 Å². The smallest absolute Gasteiger partial charge is 0.789 e. The largest absolute Gasteiger partial charge is 2.00 e. The molecule has 0 aliphatic heterocycles. The Balaban J connectivity index is -0.000000807. The molecule has 0 aromatic rings. The van der Waals surface area contributed by atoms with Crippen LogP contribution in [0.2, 0.25) is 0 Å². The minimum atomic E-state index is -0.0791. The van der Waals surface area contributed by atoms with E-state index in [9.17, 15) is 9.59 Å². The molecule has 0 aromatic heterocycles. The van der Waals surface area contributed by atoms with Crippen LogP contribution in [0.4, 0.5) is 0 Å². The molecule has 0 atom stereocenters. The zero-order valence-corrected chi connectivity index (χ0v) is 37.7. The number of rotatable bonds is 36. The first-order valence-corrected chi connectivity index (χ1v) is 21.2. The standard InChI is InChI=1S/2C20H40O2S.Ba/c2*1-2-3-4-5-6-7-8-9-10-11-12-13-14-15-16-17-20(21)22-18-19-23;/h2*23H,2-19H2,1H3;/q;;+2/p-2. The first kappa shape index (κ1) is 52.6. The van der Waals surface area contributed by atoms with E-state index in [1.54, 1.807) is 0 Å². The van der Waals surface area contributed by atoms with Gasteiger partial charge in [0.05, 0.1) is 13.2 Å². The van der Waals surface area contributed by atoms with Crippen LogP contribution < -0.4 is 0 Å². The van der Waals surface area contributed by atoms with E-state index in [4.69, 9.17) is 34.7 Å². The third kappa shape index (κ3) is 51.7. The molecule has 0 aliphatic rings. The molecular weight excluding hydrogens is 746 g/mol. The Bertz CT molecular complexity index is 545. The molecule has 0 N–H and O–H groups in total. The molecular formula is C40H78BaO4S2. The van der Waals surface area contributed by atoms with E-state index in [-0.39, 0.29) is 60.8 Å². The summed E-state index contributed by atoms with van der Waals surface area (Å²) in [6.45, 7) is 5.34. The molecule has 7 heteroatoms. The summed E-state index contributed by atoms with van der Waals surface area (Å²) in [7, 11) is 0. The van der Waals surface area contributed by atoms with Crippen molar-refractivity contribution in [3.8, 4) is 0 Å². The summed E-state index contributed by atoms with van der Waals surface area (Å²) in [5.74, 6) is 0.851. The van der Waals surface area contributed by atoms with E-state index in [2.05, 4.69) is 13.8 Å². The third-order valence-corrected chi connectivity index (χ3v) is 9.00. The maximum atomic E-state index is 11.3. The van der Waals surface area contributed by atoms with Gasteiger partial charge in [0, 0.05) is 12.8 Å². The number of ether oxygens (including phenoxy) is 2. The Hall–Kier alpha value is 1.21. The molecule has 276 valence electrons. The summed E-state index contributed by atoms with van der Waals surface area (Å²) >= 11 is 9.48. The van der Waals surface area contributed by atoms with Crippen LogP contribution >= 0.6 is 0 Å². The van der Waals surface area contributed by atoms with Gasteiger partial charge in [-0.25, -0.2) is 0 Å². The van der Waals surface area contributed by atoms with Crippen molar-refractivity contribution in [1.29, 1.82) is 0 Å². The van der Waals surface area contributed by atoms with Gasteiger partial charge in [0.15, 0.2) is 0 Å². The molecule has 0 radical (unpaired) electrons. The number of esters is 2. The quantitative estimate of drug-likeness (QED) is 0.0271. The van der Waals surface area contributed by atoms with Crippen molar-refractivity contribution in [1.82, 2.24) is 0 Å². The van der Waals surface area contributed by atoms with Crippen LogP contribution in [-0.4, -0.2) is 85.5 Å². The van der Waals surface area contributed by atoms with Gasteiger partial charge in [-0.3, -0.25) is 9.59 Å². The van der Waals surface area contributed by atoms with Gasteiger partial charge in [0.25, 0.3) is 0 Å². The van der Waals surface area contributed by atoms with Crippen LogP contribution in [0.1, 0.15) is 219 Å². The molecule has 0 unspecified atom stereocenters. The normalized spacial score (nSPS) is 10.6. The molecule has 0 fully saturated rings. The molecule has 0 heterocycles. The van der Waals surface area contributed by atoms with Gasteiger partial charge < -0.3 is 34.7 Å². The third-order valence-electron chi connectivity index (χ3n) is 8.66. The molecule has 0 aromatic carbocycles. The molecule has 0 aliphatic carbocycles. The van der Waals surface area contributed by atoms with Crippen LogP contribution in [0.25, 0.3) is 0 Å². The van der Waals surface area contributed by atoms with Crippen molar-refractivity contribution in [3.63, 3.8) is 0 Å². The predicted molar refractivity (Wildman–Crippen MR) is 211 cm³/mol. The number of carbonyl (C=O) groups excluding carboxylic acids is 2. The summed E-state index contributed by atoms with van der Waals surface area (Å²) in [5, 5.41) is 0. The van der Waals surface area contributed by atoms with Gasteiger partial charge in [0.1, 0.15) is 0 Å².